The fraction of sp³-hybridized carbons (Fsp3) is 0.188. The monoisotopic (exact) mass is 272 g/mol. The topological polar surface area (TPSA) is 37.3 Å². The first-order chi connectivity index (χ1) is 9.06. The third kappa shape index (κ3) is 2.02. The summed E-state index contributed by atoms with van der Waals surface area (Å²) in [5.74, 6) is -0.883. The summed E-state index contributed by atoms with van der Waals surface area (Å²) in [6.07, 6.45) is 0.101. The quantitative estimate of drug-likeness (QED) is 0.888. The van der Waals surface area contributed by atoms with E-state index in [-0.39, 0.29) is 12.3 Å². The maximum atomic E-state index is 11.1. The van der Waals surface area contributed by atoms with Crippen LogP contribution in [0.2, 0.25) is 5.02 Å². The first-order valence-electron chi connectivity index (χ1n) is 6.18. The molecule has 0 amide bonds. The number of fused-ring (bicyclic) bond motifs is 3. The SMILES string of the molecule is Cc1ccc2c(c1)C(CC(=O)O)c1cc(Cl)ccc1-2. The van der Waals surface area contributed by atoms with Crippen LogP contribution < -0.4 is 0 Å². The molecule has 0 aromatic heterocycles. The van der Waals surface area contributed by atoms with E-state index in [9.17, 15) is 4.79 Å². The van der Waals surface area contributed by atoms with Crippen LogP contribution in [0.1, 0.15) is 29.0 Å². The van der Waals surface area contributed by atoms with Crippen molar-refractivity contribution in [2.45, 2.75) is 19.3 Å². The van der Waals surface area contributed by atoms with Gasteiger partial charge < -0.3 is 5.11 Å². The number of hydrogen-bond acceptors (Lipinski definition) is 1. The number of rotatable bonds is 2. The van der Waals surface area contributed by atoms with Crippen LogP contribution in [0.4, 0.5) is 0 Å². The van der Waals surface area contributed by atoms with Crippen molar-refractivity contribution in [1.29, 1.82) is 0 Å². The summed E-state index contributed by atoms with van der Waals surface area (Å²) in [7, 11) is 0. The van der Waals surface area contributed by atoms with Crippen molar-refractivity contribution >= 4 is 17.6 Å². The van der Waals surface area contributed by atoms with Crippen LogP contribution in [-0.4, -0.2) is 11.1 Å². The lowest BCUT2D eigenvalue weighted by Crippen LogP contribution is -2.05. The number of aryl methyl sites for hydroxylation is 1. The maximum absolute atomic E-state index is 11.1. The third-order valence-corrected chi connectivity index (χ3v) is 3.88. The molecule has 0 fully saturated rings. The summed E-state index contributed by atoms with van der Waals surface area (Å²) >= 11 is 6.05. The Labute approximate surface area is 116 Å². The molecular formula is C16H13ClO2. The van der Waals surface area contributed by atoms with E-state index in [0.29, 0.717) is 5.02 Å². The molecule has 19 heavy (non-hydrogen) atoms. The van der Waals surface area contributed by atoms with E-state index >= 15 is 0 Å². The van der Waals surface area contributed by atoms with Crippen molar-refractivity contribution in [3.63, 3.8) is 0 Å². The van der Waals surface area contributed by atoms with Gasteiger partial charge in [-0.3, -0.25) is 4.79 Å². The molecule has 2 nitrogen and oxygen atoms in total. The smallest absolute Gasteiger partial charge is 0.304 e. The summed E-state index contributed by atoms with van der Waals surface area (Å²) in [4.78, 5) is 11.1. The van der Waals surface area contributed by atoms with E-state index in [4.69, 9.17) is 16.7 Å². The normalized spacial score (nSPS) is 16.0. The summed E-state index contributed by atoms with van der Waals surface area (Å²) in [5.41, 5.74) is 5.50. The highest BCUT2D eigenvalue weighted by Crippen LogP contribution is 2.47. The molecule has 1 aliphatic rings. The van der Waals surface area contributed by atoms with Gasteiger partial charge in [0.1, 0.15) is 0 Å². The highest BCUT2D eigenvalue weighted by atomic mass is 35.5. The molecule has 0 aliphatic heterocycles. The number of carboxylic acid groups (broad SMARTS) is 1. The summed E-state index contributed by atoms with van der Waals surface area (Å²) in [6, 6.07) is 11.9. The van der Waals surface area contributed by atoms with Crippen LogP contribution in [-0.2, 0) is 4.79 Å². The predicted molar refractivity (Wildman–Crippen MR) is 75.7 cm³/mol. The van der Waals surface area contributed by atoms with Crippen LogP contribution in [0.25, 0.3) is 11.1 Å². The van der Waals surface area contributed by atoms with Crippen LogP contribution in [0.3, 0.4) is 0 Å². The minimum absolute atomic E-state index is 0.0962. The number of benzene rings is 2. The maximum Gasteiger partial charge on any atom is 0.304 e. The van der Waals surface area contributed by atoms with E-state index in [1.165, 1.54) is 0 Å². The van der Waals surface area contributed by atoms with E-state index in [1.54, 1.807) is 0 Å². The molecule has 3 rings (SSSR count). The number of carboxylic acids is 1. The second-order valence-electron chi connectivity index (χ2n) is 4.97. The lowest BCUT2D eigenvalue weighted by atomic mass is 9.93. The summed E-state index contributed by atoms with van der Waals surface area (Å²) in [5, 5.41) is 9.78. The second kappa shape index (κ2) is 4.39. The zero-order valence-corrected chi connectivity index (χ0v) is 11.2. The molecular weight excluding hydrogens is 260 g/mol. The van der Waals surface area contributed by atoms with Gasteiger partial charge in [-0.1, -0.05) is 41.4 Å². The molecule has 0 saturated heterocycles. The molecule has 3 heteroatoms. The predicted octanol–water partition coefficient (Wildman–Crippen LogP) is 4.24. The number of carbonyl (C=O) groups is 1. The molecule has 96 valence electrons. The Hall–Kier alpha value is -1.80. The Morgan fingerprint density at radius 3 is 2.47 bits per heavy atom. The van der Waals surface area contributed by atoms with Gasteiger partial charge in [0.25, 0.3) is 0 Å². The molecule has 0 spiro atoms. The summed E-state index contributed by atoms with van der Waals surface area (Å²) < 4.78 is 0. The van der Waals surface area contributed by atoms with Gasteiger partial charge in [0.15, 0.2) is 0 Å². The molecule has 0 bridgehead atoms. The molecule has 0 saturated carbocycles. The Kier molecular flexibility index (Phi) is 2.83. The fourth-order valence-electron chi connectivity index (χ4n) is 2.84. The average molecular weight is 273 g/mol. The van der Waals surface area contributed by atoms with Crippen LogP contribution in [0.5, 0.6) is 0 Å². The summed E-state index contributed by atoms with van der Waals surface area (Å²) in [6.45, 7) is 2.02. The van der Waals surface area contributed by atoms with Gasteiger partial charge in [-0.25, -0.2) is 0 Å². The van der Waals surface area contributed by atoms with E-state index < -0.39 is 5.97 Å². The standard InChI is InChI=1S/C16H13ClO2/c1-9-2-4-11-12-5-3-10(17)7-14(12)15(8-16(18)19)13(11)6-9/h2-7,15H,8H2,1H3,(H,18,19). The lowest BCUT2D eigenvalue weighted by molar-refractivity contribution is -0.137. The first kappa shape index (κ1) is 12.2. The molecule has 1 atom stereocenters. The number of hydrogen-bond donors (Lipinski definition) is 1. The molecule has 0 radical (unpaired) electrons. The van der Waals surface area contributed by atoms with Gasteiger partial charge in [0.05, 0.1) is 6.42 Å². The van der Waals surface area contributed by atoms with Crippen molar-refractivity contribution in [2.24, 2.45) is 0 Å². The zero-order chi connectivity index (χ0) is 13.6. The Morgan fingerprint density at radius 1 is 1.16 bits per heavy atom. The van der Waals surface area contributed by atoms with Crippen LogP contribution in [0, 0.1) is 6.92 Å². The highest BCUT2D eigenvalue weighted by Gasteiger charge is 2.30. The number of halogens is 1. The Balaban J connectivity index is 2.22. The molecule has 2 aromatic rings. The minimum Gasteiger partial charge on any atom is -0.481 e. The van der Waals surface area contributed by atoms with Gasteiger partial charge in [0.2, 0.25) is 0 Å². The first-order valence-corrected chi connectivity index (χ1v) is 6.56. The Morgan fingerprint density at radius 2 is 1.79 bits per heavy atom. The second-order valence-corrected chi connectivity index (χ2v) is 5.41. The molecule has 1 aliphatic carbocycles. The van der Waals surface area contributed by atoms with Crippen LogP contribution in [0.15, 0.2) is 36.4 Å². The molecule has 1 N–H and O–H groups in total. The van der Waals surface area contributed by atoms with E-state index in [2.05, 4.69) is 18.2 Å². The van der Waals surface area contributed by atoms with Gasteiger partial charge in [-0.15, -0.1) is 0 Å². The largest absolute Gasteiger partial charge is 0.481 e. The van der Waals surface area contributed by atoms with E-state index in [0.717, 1.165) is 27.8 Å². The van der Waals surface area contributed by atoms with Crippen molar-refractivity contribution in [2.75, 3.05) is 0 Å². The highest BCUT2D eigenvalue weighted by molar-refractivity contribution is 6.30. The lowest BCUT2D eigenvalue weighted by Gasteiger charge is -2.11. The molecule has 1 unspecified atom stereocenters. The zero-order valence-electron chi connectivity index (χ0n) is 10.5. The van der Waals surface area contributed by atoms with Gasteiger partial charge in [-0.2, -0.15) is 0 Å². The number of aliphatic carboxylic acids is 1. The third-order valence-electron chi connectivity index (χ3n) is 3.64. The minimum atomic E-state index is -0.787. The van der Waals surface area contributed by atoms with Gasteiger partial charge in [-0.05, 0) is 41.3 Å². The van der Waals surface area contributed by atoms with Crippen molar-refractivity contribution in [3.8, 4) is 11.1 Å². The van der Waals surface area contributed by atoms with E-state index in [1.807, 2.05) is 25.1 Å². The molecule has 0 heterocycles. The van der Waals surface area contributed by atoms with Crippen molar-refractivity contribution < 1.29 is 9.90 Å². The van der Waals surface area contributed by atoms with Gasteiger partial charge >= 0.3 is 5.97 Å². The molecule has 2 aromatic carbocycles. The fourth-order valence-corrected chi connectivity index (χ4v) is 3.03. The van der Waals surface area contributed by atoms with Crippen LogP contribution >= 0.6 is 11.6 Å². The average Bonchev–Trinajstić information content (AvgIpc) is 2.62. The Bertz CT molecular complexity index is 625. The van der Waals surface area contributed by atoms with Crippen molar-refractivity contribution in [3.05, 3.63) is 58.1 Å². The van der Waals surface area contributed by atoms with Crippen molar-refractivity contribution in [1.82, 2.24) is 0 Å². The van der Waals surface area contributed by atoms with Gasteiger partial charge in [0, 0.05) is 10.9 Å².